The molecule has 2 aromatic rings. The van der Waals surface area contributed by atoms with Crippen LogP contribution in [0.3, 0.4) is 0 Å². The van der Waals surface area contributed by atoms with Crippen LogP contribution in [0.2, 0.25) is 0 Å². The lowest BCUT2D eigenvalue weighted by molar-refractivity contribution is -0.120. The maximum Gasteiger partial charge on any atom is 0.133 e. The first-order valence-corrected chi connectivity index (χ1v) is 10.5. The second kappa shape index (κ2) is 9.87. The van der Waals surface area contributed by atoms with E-state index >= 15 is 0 Å². The normalized spacial score (nSPS) is 14.7. The van der Waals surface area contributed by atoms with Crippen molar-refractivity contribution < 1.29 is 4.79 Å². The van der Waals surface area contributed by atoms with Crippen molar-refractivity contribution in [1.29, 1.82) is 5.26 Å². The second-order valence-electron chi connectivity index (χ2n) is 8.79. The molecule has 1 aliphatic rings. The molecule has 0 saturated heterocycles. The molecule has 0 aliphatic heterocycles. The lowest BCUT2D eigenvalue weighted by Gasteiger charge is -2.41. The van der Waals surface area contributed by atoms with Crippen LogP contribution in [0, 0.1) is 23.7 Å². The predicted molar refractivity (Wildman–Crippen MR) is 117 cm³/mol. The highest BCUT2D eigenvalue weighted by Crippen LogP contribution is 2.41. The lowest BCUT2D eigenvalue weighted by Crippen LogP contribution is -2.37. The highest BCUT2D eigenvalue weighted by atomic mass is 16.1. The van der Waals surface area contributed by atoms with Gasteiger partial charge in [0.1, 0.15) is 11.6 Å². The monoisotopic (exact) mass is 383 g/mol. The van der Waals surface area contributed by atoms with Crippen molar-refractivity contribution in [3.05, 3.63) is 29.6 Å². The summed E-state index contributed by atoms with van der Waals surface area (Å²) in [5, 5.41) is 8.99. The average molecular weight is 384 g/mol. The minimum atomic E-state index is 0.174. The maximum atomic E-state index is 10.8. The minimum Gasteiger partial charge on any atom is -0.322 e. The van der Waals surface area contributed by atoms with Gasteiger partial charge in [0, 0.05) is 18.4 Å². The van der Waals surface area contributed by atoms with Gasteiger partial charge in [0.25, 0.3) is 0 Å². The molecule has 0 radical (unpaired) electrons. The van der Waals surface area contributed by atoms with E-state index in [1.54, 1.807) is 0 Å². The van der Waals surface area contributed by atoms with Gasteiger partial charge in [-0.25, -0.2) is 4.98 Å². The molecule has 0 bridgehead atoms. The van der Waals surface area contributed by atoms with E-state index in [0.29, 0.717) is 24.2 Å². The second-order valence-corrected chi connectivity index (χ2v) is 8.79. The van der Waals surface area contributed by atoms with Crippen molar-refractivity contribution >= 4 is 16.8 Å². The molecule has 0 spiro atoms. The largest absolute Gasteiger partial charge is 0.322 e. The Morgan fingerprint density at radius 2 is 1.89 bits per heavy atom. The molecule has 0 amide bonds. The fraction of sp³-hybridized carbons (Fsp3) is 0.625. The van der Waals surface area contributed by atoms with Crippen molar-refractivity contribution in [2.24, 2.45) is 5.41 Å². The minimum absolute atomic E-state index is 0.174. The molecule has 3 rings (SSSR count). The van der Waals surface area contributed by atoms with Gasteiger partial charge in [-0.15, -0.1) is 0 Å². The summed E-state index contributed by atoms with van der Waals surface area (Å²) in [5.74, 6) is 1.42. The SMILES string of the molecule is CC.CCC(=O)CC(C)(C)C.Cc1nc2ccc(C#N)cc2n1C1(C)CCC1. The highest BCUT2D eigenvalue weighted by Gasteiger charge is 2.35. The fourth-order valence-electron chi connectivity index (χ4n) is 3.58. The molecule has 1 aromatic carbocycles. The third-order valence-corrected chi connectivity index (χ3v) is 5.04. The van der Waals surface area contributed by atoms with Gasteiger partial charge in [-0.1, -0.05) is 41.5 Å². The van der Waals surface area contributed by atoms with Crippen LogP contribution in [-0.2, 0) is 10.3 Å². The Hall–Kier alpha value is -2.15. The van der Waals surface area contributed by atoms with Crippen molar-refractivity contribution in [2.45, 2.75) is 93.0 Å². The van der Waals surface area contributed by atoms with Crippen molar-refractivity contribution in [3.63, 3.8) is 0 Å². The van der Waals surface area contributed by atoms with Crippen LogP contribution >= 0.6 is 0 Å². The van der Waals surface area contributed by atoms with E-state index in [0.717, 1.165) is 16.9 Å². The van der Waals surface area contributed by atoms with Gasteiger partial charge in [0.05, 0.1) is 22.7 Å². The number of nitriles is 1. The Kier molecular flexibility index (Phi) is 8.42. The summed E-state index contributed by atoms with van der Waals surface area (Å²) in [4.78, 5) is 15.4. The van der Waals surface area contributed by atoms with Gasteiger partial charge in [-0.2, -0.15) is 5.26 Å². The molecule has 1 aliphatic carbocycles. The van der Waals surface area contributed by atoms with Crippen molar-refractivity contribution in [1.82, 2.24) is 9.55 Å². The number of benzene rings is 1. The molecular formula is C24H37N3O. The van der Waals surface area contributed by atoms with Crippen molar-refractivity contribution in [3.8, 4) is 6.07 Å². The zero-order valence-electron chi connectivity index (χ0n) is 19.0. The molecule has 4 nitrogen and oxygen atoms in total. The summed E-state index contributed by atoms with van der Waals surface area (Å²) in [6.07, 6.45) is 5.08. The number of aromatic nitrogens is 2. The predicted octanol–water partition coefficient (Wildman–Crippen LogP) is 6.54. The number of carbonyl (C=O) groups excluding carboxylic acids is 1. The number of nitrogens with zero attached hydrogens (tertiary/aromatic N) is 3. The fourth-order valence-corrected chi connectivity index (χ4v) is 3.58. The molecule has 154 valence electrons. The zero-order valence-corrected chi connectivity index (χ0v) is 19.0. The molecular weight excluding hydrogens is 346 g/mol. The Bertz CT molecular complexity index is 830. The molecule has 1 fully saturated rings. The van der Waals surface area contributed by atoms with E-state index in [1.807, 2.05) is 39.0 Å². The quantitative estimate of drug-likeness (QED) is 0.604. The van der Waals surface area contributed by atoms with E-state index in [1.165, 1.54) is 19.3 Å². The van der Waals surface area contributed by atoms with E-state index in [2.05, 4.69) is 50.2 Å². The molecule has 0 N–H and O–H groups in total. The van der Waals surface area contributed by atoms with E-state index in [9.17, 15) is 4.79 Å². The number of hydrogen-bond donors (Lipinski definition) is 0. The van der Waals surface area contributed by atoms with Crippen molar-refractivity contribution in [2.75, 3.05) is 0 Å². The molecule has 4 heteroatoms. The molecule has 1 aromatic heterocycles. The Morgan fingerprint density at radius 1 is 1.29 bits per heavy atom. The van der Waals surface area contributed by atoms with Gasteiger partial charge in [0.15, 0.2) is 0 Å². The maximum absolute atomic E-state index is 10.8. The van der Waals surface area contributed by atoms with Gasteiger partial charge in [-0.3, -0.25) is 4.79 Å². The number of carbonyl (C=O) groups is 1. The van der Waals surface area contributed by atoms with Gasteiger partial charge in [-0.05, 0) is 56.7 Å². The first-order chi connectivity index (χ1) is 13.1. The molecule has 0 unspecified atom stereocenters. The van der Waals surface area contributed by atoms with Gasteiger partial charge < -0.3 is 4.57 Å². The first kappa shape index (κ1) is 23.9. The summed E-state index contributed by atoms with van der Waals surface area (Å²) >= 11 is 0. The average Bonchev–Trinajstić information content (AvgIpc) is 2.95. The van der Waals surface area contributed by atoms with Gasteiger partial charge in [0.2, 0.25) is 0 Å². The van der Waals surface area contributed by atoms with Crippen LogP contribution in [0.15, 0.2) is 18.2 Å². The topological polar surface area (TPSA) is 58.7 Å². The standard InChI is InChI=1S/C14H15N3.C8H16O.C2H6/c1-10-16-12-5-4-11(9-15)8-13(12)17(10)14(2)6-3-7-14;1-5-7(9)6-8(2,3)4;1-2/h4-5,8H,3,6-7H2,1-2H3;5-6H2,1-4H3;1-2H3. The molecule has 28 heavy (non-hydrogen) atoms. The summed E-state index contributed by atoms with van der Waals surface area (Å²) in [6.45, 7) is 16.5. The number of fused-ring (bicyclic) bond motifs is 1. The van der Waals surface area contributed by atoms with E-state index in [-0.39, 0.29) is 11.0 Å². The molecule has 1 saturated carbocycles. The summed E-state index contributed by atoms with van der Waals surface area (Å²) in [5.41, 5.74) is 3.18. The Labute approximate surface area is 171 Å². The van der Waals surface area contributed by atoms with Crippen LogP contribution < -0.4 is 0 Å². The third kappa shape index (κ3) is 5.92. The molecule has 1 heterocycles. The van der Waals surface area contributed by atoms with Crippen LogP contribution in [-0.4, -0.2) is 15.3 Å². The zero-order chi connectivity index (χ0) is 21.5. The smallest absolute Gasteiger partial charge is 0.133 e. The third-order valence-electron chi connectivity index (χ3n) is 5.04. The van der Waals surface area contributed by atoms with E-state index < -0.39 is 0 Å². The van der Waals surface area contributed by atoms with Crippen LogP contribution in [0.25, 0.3) is 11.0 Å². The van der Waals surface area contributed by atoms with Gasteiger partial charge >= 0.3 is 0 Å². The number of aryl methyl sites for hydroxylation is 1. The highest BCUT2D eigenvalue weighted by molar-refractivity contribution is 5.79. The number of rotatable bonds is 3. The molecule has 0 atom stereocenters. The summed E-state index contributed by atoms with van der Waals surface area (Å²) in [6, 6.07) is 7.94. The number of hydrogen-bond acceptors (Lipinski definition) is 3. The van der Waals surface area contributed by atoms with E-state index in [4.69, 9.17) is 5.26 Å². The lowest BCUT2D eigenvalue weighted by atomic mass is 9.78. The Balaban J connectivity index is 0.000000306. The number of Topliss-reactive ketones (excluding diaryl/α,β-unsaturated/α-hetero) is 1. The summed E-state index contributed by atoms with van der Waals surface area (Å²) in [7, 11) is 0. The number of imidazole rings is 1. The van der Waals surface area contributed by atoms with Crippen LogP contribution in [0.1, 0.15) is 92.0 Å². The Morgan fingerprint density at radius 3 is 2.29 bits per heavy atom. The van der Waals surface area contributed by atoms with Crippen LogP contribution in [0.4, 0.5) is 0 Å². The summed E-state index contributed by atoms with van der Waals surface area (Å²) < 4.78 is 2.31. The van der Waals surface area contributed by atoms with Crippen LogP contribution in [0.5, 0.6) is 0 Å². The number of ketones is 1. The first-order valence-electron chi connectivity index (χ1n) is 10.5.